The fourth-order valence-corrected chi connectivity index (χ4v) is 3.11. The molecular weight excluding hydrogens is 321 g/mol. The molecule has 0 heterocycles. The molecule has 25 heavy (non-hydrogen) atoms. The Bertz CT molecular complexity index is 664. The predicted octanol–water partition coefficient (Wildman–Crippen LogP) is 3.71. The second-order valence-corrected chi connectivity index (χ2v) is 5.96. The number of rotatable bonds is 5. The van der Waals surface area contributed by atoms with Crippen LogP contribution in [0.1, 0.15) is 44.6 Å². The quantitative estimate of drug-likeness (QED) is 0.383. The first-order valence-corrected chi connectivity index (χ1v) is 8.52. The van der Waals surface area contributed by atoms with Gasteiger partial charge in [-0.25, -0.2) is 19.2 Å². The number of hydrogen-bond donors (Lipinski definition) is 1. The number of nitrogens with zero attached hydrogens (tertiary/aromatic N) is 2. The Labute approximate surface area is 147 Å². The first-order valence-electron chi connectivity index (χ1n) is 8.52. The van der Waals surface area contributed by atoms with Crippen molar-refractivity contribution in [2.24, 2.45) is 9.98 Å². The van der Waals surface area contributed by atoms with Gasteiger partial charge in [-0.1, -0.05) is 31.4 Å². The summed E-state index contributed by atoms with van der Waals surface area (Å²) >= 11 is 0. The van der Waals surface area contributed by atoms with Gasteiger partial charge in [-0.2, -0.15) is 0 Å². The highest BCUT2D eigenvalue weighted by molar-refractivity contribution is 5.86. The van der Waals surface area contributed by atoms with E-state index in [9.17, 15) is 9.18 Å². The van der Waals surface area contributed by atoms with Crippen molar-refractivity contribution in [1.29, 1.82) is 0 Å². The lowest BCUT2D eigenvalue weighted by atomic mass is 9.76. The zero-order valence-corrected chi connectivity index (χ0v) is 14.5. The average molecular weight is 345 g/mol. The normalized spacial score (nSPS) is 17.3. The van der Waals surface area contributed by atoms with Gasteiger partial charge in [-0.3, -0.25) is 0 Å². The molecule has 2 rings (SSSR count). The van der Waals surface area contributed by atoms with Gasteiger partial charge in [0.1, 0.15) is 5.82 Å². The number of carbonyl (C=O) groups excluding carboxylic acids is 1. The van der Waals surface area contributed by atoms with Crippen molar-refractivity contribution in [3.8, 4) is 0 Å². The Morgan fingerprint density at radius 3 is 2.80 bits per heavy atom. The first kappa shape index (κ1) is 18.8. The number of ether oxygens (including phenoxy) is 1. The summed E-state index contributed by atoms with van der Waals surface area (Å²) in [7, 11) is 0. The highest BCUT2D eigenvalue weighted by Crippen LogP contribution is 2.37. The van der Waals surface area contributed by atoms with Gasteiger partial charge >= 0.3 is 5.97 Å². The van der Waals surface area contributed by atoms with E-state index in [0.717, 1.165) is 37.7 Å². The number of carbonyl (C=O) groups is 1. The second-order valence-electron chi connectivity index (χ2n) is 5.96. The van der Waals surface area contributed by atoms with Crippen molar-refractivity contribution in [3.05, 3.63) is 47.9 Å². The molecule has 1 saturated carbocycles. The molecule has 0 bridgehead atoms. The highest BCUT2D eigenvalue weighted by Gasteiger charge is 2.34. The molecule has 0 aliphatic heterocycles. The van der Waals surface area contributed by atoms with Crippen molar-refractivity contribution in [1.82, 2.24) is 5.32 Å². The van der Waals surface area contributed by atoms with Crippen LogP contribution in [0.15, 0.2) is 46.5 Å². The molecule has 5 nitrogen and oxygen atoms in total. The van der Waals surface area contributed by atoms with E-state index in [1.165, 1.54) is 18.3 Å². The van der Waals surface area contributed by atoms with Gasteiger partial charge in [-0.05, 0) is 44.2 Å². The van der Waals surface area contributed by atoms with E-state index < -0.39 is 11.5 Å². The van der Waals surface area contributed by atoms with Gasteiger partial charge in [0.2, 0.25) is 5.96 Å². The summed E-state index contributed by atoms with van der Waals surface area (Å²) in [5.74, 6) is -0.435. The molecule has 1 fully saturated rings. The summed E-state index contributed by atoms with van der Waals surface area (Å²) in [6, 6.07) is 6.61. The minimum absolute atomic E-state index is 0.267. The molecule has 1 aromatic carbocycles. The third-order valence-corrected chi connectivity index (χ3v) is 4.28. The van der Waals surface area contributed by atoms with Gasteiger partial charge in [-0.15, -0.1) is 0 Å². The Balaban J connectivity index is 2.23. The van der Waals surface area contributed by atoms with Crippen LogP contribution in [0.25, 0.3) is 0 Å². The molecule has 0 saturated heterocycles. The molecular formula is C19H24FN3O2. The number of aliphatic imine (C=N–C) groups is 2. The second kappa shape index (κ2) is 9.11. The largest absolute Gasteiger partial charge is 0.463 e. The van der Waals surface area contributed by atoms with E-state index in [1.807, 2.05) is 6.07 Å². The van der Waals surface area contributed by atoms with Gasteiger partial charge in [0.25, 0.3) is 0 Å². The summed E-state index contributed by atoms with van der Waals surface area (Å²) in [6.45, 7) is 5.58. The summed E-state index contributed by atoms with van der Waals surface area (Å²) in [4.78, 5) is 19.4. The Morgan fingerprint density at radius 2 is 2.16 bits per heavy atom. The van der Waals surface area contributed by atoms with E-state index in [1.54, 1.807) is 19.1 Å². The fourth-order valence-electron chi connectivity index (χ4n) is 3.11. The van der Waals surface area contributed by atoms with Crippen molar-refractivity contribution >= 4 is 18.6 Å². The summed E-state index contributed by atoms with van der Waals surface area (Å²) in [6.07, 6.45) is 7.48. The van der Waals surface area contributed by atoms with Crippen LogP contribution in [0.2, 0.25) is 0 Å². The number of nitrogens with one attached hydrogen (secondary N) is 1. The lowest BCUT2D eigenvalue weighted by molar-refractivity contribution is -0.137. The van der Waals surface area contributed by atoms with Crippen LogP contribution in [0.3, 0.4) is 0 Å². The number of esters is 1. The van der Waals surface area contributed by atoms with Crippen LogP contribution in [0.5, 0.6) is 0 Å². The minimum Gasteiger partial charge on any atom is -0.463 e. The molecule has 0 aromatic heterocycles. The average Bonchev–Trinajstić information content (AvgIpc) is 2.62. The van der Waals surface area contributed by atoms with Gasteiger partial charge in [0, 0.05) is 12.3 Å². The van der Waals surface area contributed by atoms with Crippen LogP contribution < -0.4 is 5.32 Å². The SMILES string of the molecule is C=N/C(=N\C=C\C(=O)OCC)NC1(c2cccc(F)c2)CCCCC1. The van der Waals surface area contributed by atoms with Crippen molar-refractivity contribution in [2.45, 2.75) is 44.6 Å². The minimum atomic E-state index is -0.466. The zero-order chi connectivity index (χ0) is 18.1. The molecule has 1 aliphatic carbocycles. The summed E-state index contributed by atoms with van der Waals surface area (Å²) in [5.41, 5.74) is 0.441. The maximum absolute atomic E-state index is 13.7. The van der Waals surface area contributed by atoms with Gasteiger partial charge in [0.15, 0.2) is 0 Å². The topological polar surface area (TPSA) is 63.0 Å². The first-order chi connectivity index (χ1) is 12.1. The Kier molecular flexibility index (Phi) is 6.86. The zero-order valence-electron chi connectivity index (χ0n) is 14.5. The van der Waals surface area contributed by atoms with Gasteiger partial charge < -0.3 is 10.1 Å². The number of benzene rings is 1. The van der Waals surface area contributed by atoms with Crippen molar-refractivity contribution in [3.63, 3.8) is 0 Å². The van der Waals surface area contributed by atoms with Gasteiger partial charge in [0.05, 0.1) is 12.1 Å². The number of halogens is 1. The standard InChI is InChI=1S/C19H24FN3O2/c1-3-25-17(24)10-13-22-18(21-2)23-19(11-5-4-6-12-19)15-8-7-9-16(20)14-15/h7-10,13-14H,2-6,11-12H2,1H3,(H,22,23)/b13-10+. The number of guanidine groups is 1. The molecule has 0 spiro atoms. The summed E-state index contributed by atoms with van der Waals surface area (Å²) in [5, 5.41) is 3.32. The smallest absolute Gasteiger partial charge is 0.332 e. The van der Waals surface area contributed by atoms with E-state index in [0.29, 0.717) is 12.6 Å². The van der Waals surface area contributed by atoms with Crippen LogP contribution in [-0.2, 0) is 15.1 Å². The van der Waals surface area contributed by atoms with E-state index >= 15 is 0 Å². The third-order valence-electron chi connectivity index (χ3n) is 4.28. The molecule has 0 amide bonds. The predicted molar refractivity (Wildman–Crippen MR) is 97.1 cm³/mol. The highest BCUT2D eigenvalue weighted by atomic mass is 19.1. The number of hydrogen-bond acceptors (Lipinski definition) is 3. The molecule has 1 N–H and O–H groups in total. The lowest BCUT2D eigenvalue weighted by Crippen LogP contribution is -2.46. The van der Waals surface area contributed by atoms with Crippen LogP contribution in [-0.4, -0.2) is 25.3 Å². The van der Waals surface area contributed by atoms with Crippen LogP contribution in [0, 0.1) is 5.82 Å². The molecule has 6 heteroatoms. The monoisotopic (exact) mass is 345 g/mol. The maximum atomic E-state index is 13.7. The maximum Gasteiger partial charge on any atom is 0.332 e. The van der Waals surface area contributed by atoms with Crippen molar-refractivity contribution in [2.75, 3.05) is 6.61 Å². The molecule has 0 unspecified atom stereocenters. The van der Waals surface area contributed by atoms with Crippen molar-refractivity contribution < 1.29 is 13.9 Å². The molecule has 134 valence electrons. The van der Waals surface area contributed by atoms with E-state index in [4.69, 9.17) is 4.74 Å². The fraction of sp³-hybridized carbons (Fsp3) is 0.421. The molecule has 0 radical (unpaired) electrons. The van der Waals surface area contributed by atoms with Crippen LogP contribution >= 0.6 is 0 Å². The third kappa shape index (κ3) is 5.24. The van der Waals surface area contributed by atoms with E-state index in [2.05, 4.69) is 22.0 Å². The Hall–Kier alpha value is -2.50. The van der Waals surface area contributed by atoms with E-state index in [-0.39, 0.29) is 5.82 Å². The summed E-state index contributed by atoms with van der Waals surface area (Å²) < 4.78 is 18.5. The van der Waals surface area contributed by atoms with Crippen LogP contribution in [0.4, 0.5) is 4.39 Å². The molecule has 1 aliphatic rings. The molecule has 1 aromatic rings. The Morgan fingerprint density at radius 1 is 1.40 bits per heavy atom. The molecule has 0 atom stereocenters. The lowest BCUT2D eigenvalue weighted by Gasteiger charge is -2.39.